The first kappa shape index (κ1) is 33.1. The number of nitrogens with zero attached hydrogens (tertiary/aromatic N) is 2. The summed E-state index contributed by atoms with van der Waals surface area (Å²) in [4.78, 5) is 5.08. The number of benzene rings is 1. The lowest BCUT2D eigenvalue weighted by molar-refractivity contribution is 0.275. The van der Waals surface area contributed by atoms with E-state index in [-0.39, 0.29) is 0 Å². The van der Waals surface area contributed by atoms with Crippen molar-refractivity contribution < 1.29 is 14.7 Å². The molecule has 0 atom stereocenters. The van der Waals surface area contributed by atoms with Gasteiger partial charge in [-0.25, -0.2) is 0 Å². The summed E-state index contributed by atoms with van der Waals surface area (Å²) in [6.07, 6.45) is 7.75. The Hall–Kier alpha value is -1.08. The topological polar surface area (TPSA) is 56.2 Å². The maximum absolute atomic E-state index is 8.55. The van der Waals surface area contributed by atoms with Crippen LogP contribution >= 0.6 is 0 Å². The smallest absolute Gasteiger partial charge is 0.512 e. The number of aryl methyl sites for hydroxylation is 1. The van der Waals surface area contributed by atoms with Crippen LogP contribution in [0.25, 0.3) is 0 Å². The van der Waals surface area contributed by atoms with Gasteiger partial charge in [-0.1, -0.05) is 53.7 Å². The maximum atomic E-state index is 8.55. The van der Waals surface area contributed by atoms with Crippen molar-refractivity contribution in [3.05, 3.63) is 29.3 Å². The van der Waals surface area contributed by atoms with Crippen molar-refractivity contribution in [1.29, 1.82) is 0 Å². The van der Waals surface area contributed by atoms with Gasteiger partial charge in [0, 0.05) is 0 Å². The van der Waals surface area contributed by atoms with Crippen molar-refractivity contribution >= 4 is 7.32 Å². The molecular formula is C26H53BN2O3. The third-order valence-corrected chi connectivity index (χ3v) is 5.03. The summed E-state index contributed by atoms with van der Waals surface area (Å²) in [6, 6.07) is 5.44. The average Bonchev–Trinajstić information content (AvgIpc) is 2.73. The zero-order valence-corrected chi connectivity index (χ0v) is 22.5. The molecule has 32 heavy (non-hydrogen) atoms. The van der Waals surface area contributed by atoms with Crippen LogP contribution in [-0.2, 0) is 0 Å². The van der Waals surface area contributed by atoms with Gasteiger partial charge in [0.1, 0.15) is 5.75 Å². The van der Waals surface area contributed by atoms with Gasteiger partial charge in [-0.2, -0.15) is 0 Å². The van der Waals surface area contributed by atoms with Crippen molar-refractivity contribution in [3.8, 4) is 5.75 Å². The molecule has 0 amide bonds. The summed E-state index contributed by atoms with van der Waals surface area (Å²) in [5, 5.41) is 17.1. The standard InChI is InChI=1S/2C9H21N.C8H11BO3/c2*1-4-7-10(8-5-2)9-6-3;1-6-4-3-5-8(7(6)2)12-9(10)11/h2*4-9H2,1-3H3;3-5,10-11H,1-2H3. The van der Waals surface area contributed by atoms with E-state index >= 15 is 0 Å². The summed E-state index contributed by atoms with van der Waals surface area (Å²) >= 11 is 0. The molecule has 0 aliphatic carbocycles. The minimum Gasteiger partial charge on any atom is -0.512 e. The first-order valence-electron chi connectivity index (χ1n) is 12.8. The van der Waals surface area contributed by atoms with Gasteiger partial charge >= 0.3 is 7.32 Å². The van der Waals surface area contributed by atoms with Crippen molar-refractivity contribution in [2.45, 2.75) is 93.9 Å². The summed E-state index contributed by atoms with van der Waals surface area (Å²) in [6.45, 7) is 25.0. The number of hydrogen-bond acceptors (Lipinski definition) is 5. The predicted molar refractivity (Wildman–Crippen MR) is 141 cm³/mol. The fourth-order valence-corrected chi connectivity index (χ4v) is 3.53. The molecular weight excluding hydrogens is 399 g/mol. The molecule has 1 aromatic carbocycles. The van der Waals surface area contributed by atoms with Crippen LogP contribution < -0.4 is 4.65 Å². The predicted octanol–water partition coefficient (Wildman–Crippen LogP) is 5.69. The van der Waals surface area contributed by atoms with Gasteiger partial charge in [0.05, 0.1) is 0 Å². The molecule has 0 heterocycles. The van der Waals surface area contributed by atoms with Crippen molar-refractivity contribution in [1.82, 2.24) is 9.80 Å². The van der Waals surface area contributed by atoms with E-state index in [9.17, 15) is 0 Å². The third-order valence-electron chi connectivity index (χ3n) is 5.03. The van der Waals surface area contributed by atoms with Gasteiger partial charge in [-0.15, -0.1) is 0 Å². The Morgan fingerprint density at radius 1 is 0.656 bits per heavy atom. The lowest BCUT2D eigenvalue weighted by Crippen LogP contribution is -2.26. The molecule has 188 valence electrons. The molecule has 0 aliphatic heterocycles. The largest absolute Gasteiger partial charge is 0.707 e. The van der Waals surface area contributed by atoms with Gasteiger partial charge in [0.2, 0.25) is 0 Å². The van der Waals surface area contributed by atoms with Gasteiger partial charge < -0.3 is 24.5 Å². The van der Waals surface area contributed by atoms with Crippen LogP contribution in [0.1, 0.15) is 91.2 Å². The Labute approximate surface area is 200 Å². The van der Waals surface area contributed by atoms with Gasteiger partial charge in [0.15, 0.2) is 0 Å². The van der Waals surface area contributed by atoms with Crippen LogP contribution in [0.5, 0.6) is 5.75 Å². The summed E-state index contributed by atoms with van der Waals surface area (Å²) in [7, 11) is -1.74. The van der Waals surface area contributed by atoms with Crippen molar-refractivity contribution in [2.75, 3.05) is 39.3 Å². The van der Waals surface area contributed by atoms with E-state index in [0.717, 1.165) is 11.1 Å². The van der Waals surface area contributed by atoms with E-state index in [2.05, 4.69) is 51.3 Å². The quantitative estimate of drug-likeness (QED) is 0.355. The van der Waals surface area contributed by atoms with E-state index in [4.69, 9.17) is 14.7 Å². The molecule has 0 saturated carbocycles. The molecule has 0 spiro atoms. The Bertz CT molecular complexity index is 483. The molecule has 2 N–H and O–H groups in total. The SMILES string of the molecule is CCCN(CCC)CCC.CCCN(CCC)CCC.Cc1cccc(OB(O)O)c1C. The number of rotatable bonds is 14. The second-order valence-electron chi connectivity index (χ2n) is 8.33. The zero-order chi connectivity index (χ0) is 24.8. The molecule has 0 fully saturated rings. The molecule has 0 bridgehead atoms. The highest BCUT2D eigenvalue weighted by Gasteiger charge is 2.12. The minimum absolute atomic E-state index is 0.505. The van der Waals surface area contributed by atoms with E-state index in [0.29, 0.717) is 5.75 Å². The lowest BCUT2D eigenvalue weighted by atomic mass is 10.1. The third kappa shape index (κ3) is 18.5. The van der Waals surface area contributed by atoms with Crippen LogP contribution in [-0.4, -0.2) is 66.4 Å². The highest BCUT2D eigenvalue weighted by Crippen LogP contribution is 2.20. The van der Waals surface area contributed by atoms with Crippen LogP contribution in [0, 0.1) is 13.8 Å². The lowest BCUT2D eigenvalue weighted by Gasteiger charge is -2.19. The maximum Gasteiger partial charge on any atom is 0.707 e. The minimum atomic E-state index is -1.74. The van der Waals surface area contributed by atoms with E-state index in [1.807, 2.05) is 19.9 Å². The zero-order valence-electron chi connectivity index (χ0n) is 22.5. The van der Waals surface area contributed by atoms with Crippen LogP contribution in [0.15, 0.2) is 18.2 Å². The fraction of sp³-hybridized carbons (Fsp3) is 0.769. The monoisotopic (exact) mass is 452 g/mol. The highest BCUT2D eigenvalue weighted by molar-refractivity contribution is 6.33. The Morgan fingerprint density at radius 3 is 1.28 bits per heavy atom. The Morgan fingerprint density at radius 2 is 1.00 bits per heavy atom. The summed E-state index contributed by atoms with van der Waals surface area (Å²) in [5.74, 6) is 0.505. The van der Waals surface area contributed by atoms with Crippen LogP contribution in [0.4, 0.5) is 0 Å². The Kier molecular flexibility index (Phi) is 23.9. The van der Waals surface area contributed by atoms with Gasteiger partial charge in [0.25, 0.3) is 0 Å². The van der Waals surface area contributed by atoms with Crippen molar-refractivity contribution in [2.24, 2.45) is 0 Å². The van der Waals surface area contributed by atoms with Crippen LogP contribution in [0.3, 0.4) is 0 Å². The molecule has 1 aromatic rings. The van der Waals surface area contributed by atoms with Gasteiger partial charge in [-0.3, -0.25) is 0 Å². The van der Waals surface area contributed by atoms with E-state index < -0.39 is 7.32 Å². The van der Waals surface area contributed by atoms with Gasteiger partial charge in [-0.05, 0) is 109 Å². The highest BCUT2D eigenvalue weighted by atomic mass is 16.6. The first-order valence-corrected chi connectivity index (χ1v) is 12.8. The molecule has 0 aliphatic rings. The summed E-state index contributed by atoms with van der Waals surface area (Å²) < 4.78 is 4.74. The molecule has 1 rings (SSSR count). The second-order valence-corrected chi connectivity index (χ2v) is 8.33. The van der Waals surface area contributed by atoms with Crippen LogP contribution in [0.2, 0.25) is 0 Å². The number of hydrogen-bond donors (Lipinski definition) is 2. The molecule has 0 aromatic heterocycles. The average molecular weight is 453 g/mol. The van der Waals surface area contributed by atoms with E-state index in [1.165, 1.54) is 77.8 Å². The second kappa shape index (κ2) is 23.1. The summed E-state index contributed by atoms with van der Waals surface area (Å²) in [5.41, 5.74) is 1.98. The van der Waals surface area contributed by atoms with Crippen molar-refractivity contribution in [3.63, 3.8) is 0 Å². The normalized spacial score (nSPS) is 10.4. The van der Waals surface area contributed by atoms with E-state index in [1.54, 1.807) is 12.1 Å². The molecule has 0 unspecified atom stereocenters. The molecule has 6 heteroatoms. The Balaban J connectivity index is 0. The molecule has 0 radical (unpaired) electrons. The first-order chi connectivity index (χ1) is 15.3. The molecule has 0 saturated heterocycles. The fourth-order valence-electron chi connectivity index (χ4n) is 3.53. The molecule has 5 nitrogen and oxygen atoms in total.